The van der Waals surface area contributed by atoms with Crippen molar-refractivity contribution in [1.29, 1.82) is 0 Å². The maximum Gasteiger partial charge on any atom is 0.410 e. The number of carbonyl (C=O) groups excluding carboxylic acids is 1. The molecule has 28 heavy (non-hydrogen) atoms. The zero-order valence-electron chi connectivity index (χ0n) is 15.2. The molecule has 0 radical (unpaired) electrons. The number of hydrogen-bond donors (Lipinski definition) is 0. The molecular weight excluding hydrogens is 361 g/mol. The van der Waals surface area contributed by atoms with Crippen molar-refractivity contribution in [2.45, 2.75) is 25.4 Å². The molecule has 2 aromatic carbocycles. The minimum Gasteiger partial charge on any atom is -0.445 e. The summed E-state index contributed by atoms with van der Waals surface area (Å²) >= 11 is 0. The minimum absolute atomic E-state index is 0.123. The third-order valence-corrected chi connectivity index (χ3v) is 4.89. The van der Waals surface area contributed by atoms with E-state index in [1.807, 2.05) is 30.3 Å². The Bertz CT molecular complexity index is 921. The average Bonchev–Trinajstić information content (AvgIpc) is 3.23. The molecule has 0 atom stereocenters. The zero-order valence-corrected chi connectivity index (χ0v) is 15.2. The molecule has 0 N–H and O–H groups in total. The van der Waals surface area contributed by atoms with Crippen LogP contribution in [0.25, 0.3) is 5.69 Å². The van der Waals surface area contributed by atoms with Crippen molar-refractivity contribution in [2.24, 2.45) is 0 Å². The summed E-state index contributed by atoms with van der Waals surface area (Å²) in [4.78, 5) is 14.0. The lowest BCUT2D eigenvalue weighted by Gasteiger charge is -2.30. The van der Waals surface area contributed by atoms with E-state index in [9.17, 15) is 9.18 Å². The number of likely N-dealkylation sites (tertiary alicyclic amines) is 1. The maximum absolute atomic E-state index is 13.2. The molecule has 0 spiro atoms. The van der Waals surface area contributed by atoms with Gasteiger partial charge in [-0.2, -0.15) is 4.68 Å². The molecule has 8 heteroatoms. The molecule has 0 saturated carbocycles. The van der Waals surface area contributed by atoms with E-state index >= 15 is 0 Å². The lowest BCUT2D eigenvalue weighted by Crippen LogP contribution is -2.38. The molecule has 3 aromatic rings. The second kappa shape index (κ2) is 8.16. The number of halogens is 1. The van der Waals surface area contributed by atoms with E-state index in [2.05, 4.69) is 15.5 Å². The number of amides is 1. The first-order chi connectivity index (χ1) is 13.7. The third-order valence-electron chi connectivity index (χ3n) is 4.89. The van der Waals surface area contributed by atoms with E-state index in [1.165, 1.54) is 12.1 Å². The van der Waals surface area contributed by atoms with Gasteiger partial charge in [0, 0.05) is 19.0 Å². The van der Waals surface area contributed by atoms with Gasteiger partial charge >= 0.3 is 6.09 Å². The van der Waals surface area contributed by atoms with Crippen LogP contribution < -0.4 is 0 Å². The second-order valence-corrected chi connectivity index (χ2v) is 6.73. The Kier molecular flexibility index (Phi) is 5.27. The predicted molar refractivity (Wildman–Crippen MR) is 99.3 cm³/mol. The van der Waals surface area contributed by atoms with Gasteiger partial charge in [-0.3, -0.25) is 0 Å². The number of tetrazole rings is 1. The number of benzene rings is 2. The van der Waals surface area contributed by atoms with E-state index in [0.717, 1.165) is 24.2 Å². The van der Waals surface area contributed by atoms with Gasteiger partial charge in [0.2, 0.25) is 0 Å². The van der Waals surface area contributed by atoms with Gasteiger partial charge in [0.1, 0.15) is 12.4 Å². The number of ether oxygens (including phenoxy) is 1. The Labute approximate surface area is 161 Å². The molecule has 0 aliphatic carbocycles. The number of aromatic nitrogens is 4. The summed E-state index contributed by atoms with van der Waals surface area (Å²) in [5.41, 5.74) is 1.68. The van der Waals surface area contributed by atoms with Gasteiger partial charge in [-0.25, -0.2) is 9.18 Å². The van der Waals surface area contributed by atoms with Gasteiger partial charge < -0.3 is 9.64 Å². The smallest absolute Gasteiger partial charge is 0.410 e. The molecule has 1 aliphatic rings. The van der Waals surface area contributed by atoms with Gasteiger partial charge in [0.15, 0.2) is 5.82 Å². The monoisotopic (exact) mass is 381 g/mol. The van der Waals surface area contributed by atoms with Crippen LogP contribution in [0.5, 0.6) is 0 Å². The Morgan fingerprint density at radius 2 is 1.79 bits per heavy atom. The zero-order chi connectivity index (χ0) is 19.3. The highest BCUT2D eigenvalue weighted by Crippen LogP contribution is 2.28. The lowest BCUT2D eigenvalue weighted by molar-refractivity contribution is 0.0865. The van der Waals surface area contributed by atoms with Crippen LogP contribution >= 0.6 is 0 Å². The standard InChI is InChI=1S/C20H20FN5O2/c21-17-6-8-18(9-7-17)26-19(22-23-24-26)16-10-12-25(13-11-16)20(27)28-14-15-4-2-1-3-5-15/h1-9,16H,10-14H2. The van der Waals surface area contributed by atoms with E-state index in [1.54, 1.807) is 21.7 Å². The van der Waals surface area contributed by atoms with Gasteiger partial charge in [-0.1, -0.05) is 30.3 Å². The molecule has 1 saturated heterocycles. The van der Waals surface area contributed by atoms with Crippen LogP contribution in [0.1, 0.15) is 30.1 Å². The molecule has 1 amide bonds. The van der Waals surface area contributed by atoms with Crippen molar-refractivity contribution in [3.8, 4) is 5.69 Å². The maximum atomic E-state index is 13.2. The number of rotatable bonds is 4. The van der Waals surface area contributed by atoms with E-state index < -0.39 is 0 Å². The van der Waals surface area contributed by atoms with Crippen LogP contribution in [-0.2, 0) is 11.3 Å². The first kappa shape index (κ1) is 18.1. The Balaban J connectivity index is 1.35. The van der Waals surface area contributed by atoms with Crippen LogP contribution in [0.2, 0.25) is 0 Å². The fourth-order valence-electron chi connectivity index (χ4n) is 3.35. The second-order valence-electron chi connectivity index (χ2n) is 6.73. The summed E-state index contributed by atoms with van der Waals surface area (Å²) in [5.74, 6) is 0.544. The summed E-state index contributed by atoms with van der Waals surface area (Å²) in [7, 11) is 0. The summed E-state index contributed by atoms with van der Waals surface area (Å²) in [6.45, 7) is 1.42. The number of hydrogen-bond acceptors (Lipinski definition) is 5. The lowest BCUT2D eigenvalue weighted by atomic mass is 9.96. The minimum atomic E-state index is -0.305. The average molecular weight is 381 g/mol. The molecule has 4 rings (SSSR count). The van der Waals surface area contributed by atoms with Crippen LogP contribution in [0.15, 0.2) is 54.6 Å². The van der Waals surface area contributed by atoms with Crippen molar-refractivity contribution >= 4 is 6.09 Å². The third kappa shape index (κ3) is 4.00. The first-order valence-electron chi connectivity index (χ1n) is 9.20. The molecular formula is C20H20FN5O2. The van der Waals surface area contributed by atoms with Crippen molar-refractivity contribution in [2.75, 3.05) is 13.1 Å². The van der Waals surface area contributed by atoms with Gasteiger partial charge in [0.05, 0.1) is 5.69 Å². The van der Waals surface area contributed by atoms with Crippen molar-refractivity contribution in [3.05, 3.63) is 71.8 Å². The van der Waals surface area contributed by atoms with E-state index in [0.29, 0.717) is 18.8 Å². The Morgan fingerprint density at radius 3 is 2.50 bits per heavy atom. The summed E-state index contributed by atoms with van der Waals surface area (Å²) in [6, 6.07) is 15.7. The number of nitrogens with zero attached hydrogens (tertiary/aromatic N) is 5. The van der Waals surface area contributed by atoms with E-state index in [4.69, 9.17) is 4.74 Å². The number of piperidine rings is 1. The molecule has 144 valence electrons. The Morgan fingerprint density at radius 1 is 1.07 bits per heavy atom. The van der Waals surface area contributed by atoms with Crippen molar-refractivity contribution in [1.82, 2.24) is 25.1 Å². The van der Waals surface area contributed by atoms with Gasteiger partial charge in [0.25, 0.3) is 0 Å². The highest BCUT2D eigenvalue weighted by molar-refractivity contribution is 5.67. The van der Waals surface area contributed by atoms with Crippen LogP contribution in [0.3, 0.4) is 0 Å². The summed E-state index contributed by atoms with van der Waals surface area (Å²) in [5, 5.41) is 12.0. The normalized spacial score (nSPS) is 14.8. The highest BCUT2D eigenvalue weighted by atomic mass is 19.1. The topological polar surface area (TPSA) is 73.1 Å². The number of carbonyl (C=O) groups is 1. The molecule has 1 aliphatic heterocycles. The largest absolute Gasteiger partial charge is 0.445 e. The predicted octanol–water partition coefficient (Wildman–Crippen LogP) is 3.32. The molecule has 0 bridgehead atoms. The fourth-order valence-corrected chi connectivity index (χ4v) is 3.35. The van der Waals surface area contributed by atoms with Crippen LogP contribution in [0.4, 0.5) is 9.18 Å². The first-order valence-corrected chi connectivity index (χ1v) is 9.20. The van der Waals surface area contributed by atoms with Crippen molar-refractivity contribution < 1.29 is 13.9 Å². The van der Waals surface area contributed by atoms with Crippen LogP contribution in [0, 0.1) is 5.82 Å². The fraction of sp³-hybridized carbons (Fsp3) is 0.300. The molecule has 0 unspecified atom stereocenters. The van der Waals surface area contributed by atoms with Gasteiger partial charge in [-0.05, 0) is 53.1 Å². The SMILES string of the molecule is O=C(OCc1ccccc1)N1CCC(c2nnnn2-c2ccc(F)cc2)CC1. The summed E-state index contributed by atoms with van der Waals surface area (Å²) in [6.07, 6.45) is 1.17. The molecule has 1 fully saturated rings. The molecule has 1 aromatic heterocycles. The van der Waals surface area contributed by atoms with Crippen LogP contribution in [-0.4, -0.2) is 44.3 Å². The van der Waals surface area contributed by atoms with Crippen molar-refractivity contribution in [3.63, 3.8) is 0 Å². The summed E-state index contributed by atoms with van der Waals surface area (Å²) < 4.78 is 20.2. The van der Waals surface area contributed by atoms with Gasteiger partial charge in [-0.15, -0.1) is 5.10 Å². The highest BCUT2D eigenvalue weighted by Gasteiger charge is 2.28. The molecule has 7 nitrogen and oxygen atoms in total. The quantitative estimate of drug-likeness (QED) is 0.693. The Hall–Kier alpha value is -3.29. The van der Waals surface area contributed by atoms with E-state index in [-0.39, 0.29) is 24.4 Å². The molecule has 2 heterocycles.